The monoisotopic (exact) mass is 152 g/mol. The third kappa shape index (κ3) is 0.593. The lowest BCUT2D eigenvalue weighted by Crippen LogP contribution is -1.70. The molecule has 0 spiro atoms. The lowest BCUT2D eigenvalue weighted by atomic mass is 10.6. The van der Waals surface area contributed by atoms with E-state index in [1.807, 2.05) is 17.6 Å². The Labute approximate surface area is 60.9 Å². The van der Waals surface area contributed by atoms with Gasteiger partial charge in [-0.1, -0.05) is 0 Å². The quantitative estimate of drug-likeness (QED) is 0.577. The first-order chi connectivity index (χ1) is 4.92. The summed E-state index contributed by atoms with van der Waals surface area (Å²) in [4.78, 5) is 11.2. The fourth-order valence-electron chi connectivity index (χ4n) is 0.901. The van der Waals surface area contributed by atoms with Crippen LogP contribution in [0.5, 0.6) is 0 Å². The number of thiazole rings is 1. The van der Waals surface area contributed by atoms with Crippen molar-refractivity contribution in [1.82, 2.24) is 4.40 Å². The molecule has 4 heteroatoms. The van der Waals surface area contributed by atoms with Crippen molar-refractivity contribution in [3.63, 3.8) is 0 Å². The maximum absolute atomic E-state index is 10.1. The molecule has 10 heavy (non-hydrogen) atoms. The minimum atomic E-state index is 0.469. The fraction of sp³-hybridized carbons (Fsp3) is 0. The zero-order valence-electron chi connectivity index (χ0n) is 5.02. The Kier molecular flexibility index (Phi) is 1.07. The third-order valence-corrected chi connectivity index (χ3v) is 2.18. The fourth-order valence-corrected chi connectivity index (χ4v) is 1.64. The van der Waals surface area contributed by atoms with E-state index in [0.29, 0.717) is 5.82 Å². The van der Waals surface area contributed by atoms with E-state index in [4.69, 9.17) is 0 Å². The molecule has 2 heterocycles. The first-order valence-corrected chi connectivity index (χ1v) is 3.68. The van der Waals surface area contributed by atoms with Gasteiger partial charge in [0.25, 0.3) is 0 Å². The molecule has 0 aliphatic rings. The van der Waals surface area contributed by atoms with Crippen molar-refractivity contribution >= 4 is 22.0 Å². The van der Waals surface area contributed by atoms with Gasteiger partial charge in [-0.3, -0.25) is 4.40 Å². The summed E-state index contributed by atoms with van der Waals surface area (Å²) >= 11 is 1.59. The summed E-state index contributed by atoms with van der Waals surface area (Å²) < 4.78 is 1.76. The van der Waals surface area contributed by atoms with Crippen molar-refractivity contribution in [2.75, 3.05) is 0 Å². The summed E-state index contributed by atoms with van der Waals surface area (Å²) in [6.07, 6.45) is 1.83. The van der Waals surface area contributed by atoms with E-state index in [-0.39, 0.29) is 0 Å². The molecular weight excluding hydrogens is 148 g/mol. The zero-order valence-corrected chi connectivity index (χ0v) is 5.84. The molecular formula is C6H4N2OS. The lowest BCUT2D eigenvalue weighted by molar-refractivity contribution is 1.20. The van der Waals surface area contributed by atoms with Gasteiger partial charge < -0.3 is 0 Å². The summed E-state index contributed by atoms with van der Waals surface area (Å²) in [5.74, 6) is 0.469. The smallest absolute Gasteiger partial charge is 0.182 e. The SMILES string of the molecule is O=Nc1ccc2sccn12. The molecule has 0 bridgehead atoms. The second-order valence-corrected chi connectivity index (χ2v) is 2.82. The number of nitroso groups, excluding NO2 is 1. The van der Waals surface area contributed by atoms with E-state index in [9.17, 15) is 4.91 Å². The Morgan fingerprint density at radius 2 is 2.40 bits per heavy atom. The van der Waals surface area contributed by atoms with Gasteiger partial charge in [0.15, 0.2) is 5.82 Å². The maximum atomic E-state index is 10.1. The predicted octanol–water partition coefficient (Wildman–Crippen LogP) is 2.40. The van der Waals surface area contributed by atoms with Gasteiger partial charge in [-0.25, -0.2) is 0 Å². The van der Waals surface area contributed by atoms with Crippen LogP contribution in [0, 0.1) is 4.91 Å². The van der Waals surface area contributed by atoms with Crippen LogP contribution in [0.3, 0.4) is 0 Å². The number of rotatable bonds is 1. The van der Waals surface area contributed by atoms with Crippen molar-refractivity contribution in [2.24, 2.45) is 5.18 Å². The number of nitrogens with zero attached hydrogens (tertiary/aromatic N) is 2. The average molecular weight is 152 g/mol. The molecule has 0 saturated carbocycles. The van der Waals surface area contributed by atoms with Gasteiger partial charge in [-0.2, -0.15) is 0 Å². The van der Waals surface area contributed by atoms with Crippen molar-refractivity contribution < 1.29 is 0 Å². The predicted molar refractivity (Wildman–Crippen MR) is 40.7 cm³/mol. The van der Waals surface area contributed by atoms with Crippen LogP contribution in [0.1, 0.15) is 0 Å². The van der Waals surface area contributed by atoms with Gasteiger partial charge in [0.2, 0.25) is 0 Å². The highest BCUT2D eigenvalue weighted by Crippen LogP contribution is 2.21. The van der Waals surface area contributed by atoms with Gasteiger partial charge in [-0.05, 0) is 17.3 Å². The van der Waals surface area contributed by atoms with Crippen LogP contribution >= 0.6 is 11.3 Å². The Bertz CT molecular complexity index is 362. The van der Waals surface area contributed by atoms with Crippen LogP contribution in [0.15, 0.2) is 28.9 Å². The molecule has 0 atom stereocenters. The highest BCUT2D eigenvalue weighted by Gasteiger charge is 1.99. The minimum Gasteiger partial charge on any atom is -0.289 e. The Morgan fingerprint density at radius 1 is 1.50 bits per heavy atom. The van der Waals surface area contributed by atoms with Crippen LogP contribution < -0.4 is 0 Å². The molecule has 0 unspecified atom stereocenters. The molecule has 0 N–H and O–H groups in total. The number of fused-ring (bicyclic) bond motifs is 1. The molecule has 0 aromatic carbocycles. The van der Waals surface area contributed by atoms with Gasteiger partial charge in [0.05, 0.1) is 0 Å². The Balaban J connectivity index is 2.88. The van der Waals surface area contributed by atoms with Crippen LogP contribution in [0.25, 0.3) is 4.83 Å². The lowest BCUT2D eigenvalue weighted by Gasteiger charge is -1.81. The normalized spacial score (nSPS) is 10.4. The molecule has 2 aromatic rings. The topological polar surface area (TPSA) is 33.8 Å². The Morgan fingerprint density at radius 3 is 3.20 bits per heavy atom. The van der Waals surface area contributed by atoms with Gasteiger partial charge in [0, 0.05) is 11.6 Å². The molecule has 2 rings (SSSR count). The second-order valence-electron chi connectivity index (χ2n) is 1.89. The van der Waals surface area contributed by atoms with Crippen LogP contribution in [0.4, 0.5) is 5.82 Å². The number of hydrogen-bond acceptors (Lipinski definition) is 3. The van der Waals surface area contributed by atoms with Gasteiger partial charge in [-0.15, -0.1) is 16.2 Å². The highest BCUT2D eigenvalue weighted by molar-refractivity contribution is 7.15. The van der Waals surface area contributed by atoms with E-state index in [0.717, 1.165) is 4.83 Å². The van der Waals surface area contributed by atoms with Crippen molar-refractivity contribution in [2.45, 2.75) is 0 Å². The average Bonchev–Trinajstić information content (AvgIpc) is 2.44. The molecule has 0 radical (unpaired) electrons. The molecule has 0 aliphatic carbocycles. The summed E-state index contributed by atoms with van der Waals surface area (Å²) in [7, 11) is 0. The van der Waals surface area contributed by atoms with E-state index in [1.165, 1.54) is 0 Å². The van der Waals surface area contributed by atoms with Crippen molar-refractivity contribution in [3.05, 3.63) is 28.6 Å². The maximum Gasteiger partial charge on any atom is 0.182 e. The number of aromatic nitrogens is 1. The van der Waals surface area contributed by atoms with Crippen LogP contribution in [-0.2, 0) is 0 Å². The molecule has 3 nitrogen and oxygen atoms in total. The van der Waals surface area contributed by atoms with E-state index >= 15 is 0 Å². The van der Waals surface area contributed by atoms with Crippen molar-refractivity contribution in [3.8, 4) is 0 Å². The first kappa shape index (κ1) is 5.61. The standard InChI is InChI=1S/C6H4N2OS/c9-7-5-1-2-6-8(5)3-4-10-6/h1-4H. The Hall–Kier alpha value is -1.16. The molecule has 2 aromatic heterocycles. The van der Waals surface area contributed by atoms with E-state index in [2.05, 4.69) is 5.18 Å². The number of hydrogen-bond donors (Lipinski definition) is 0. The molecule has 50 valence electrons. The summed E-state index contributed by atoms with van der Waals surface area (Å²) in [5.41, 5.74) is 0. The van der Waals surface area contributed by atoms with E-state index in [1.54, 1.807) is 21.8 Å². The van der Waals surface area contributed by atoms with Crippen LogP contribution in [-0.4, -0.2) is 4.40 Å². The van der Waals surface area contributed by atoms with E-state index < -0.39 is 0 Å². The molecule has 0 saturated heterocycles. The minimum absolute atomic E-state index is 0.469. The highest BCUT2D eigenvalue weighted by atomic mass is 32.1. The zero-order chi connectivity index (χ0) is 6.97. The molecule has 0 amide bonds. The van der Waals surface area contributed by atoms with Crippen molar-refractivity contribution in [1.29, 1.82) is 0 Å². The summed E-state index contributed by atoms with van der Waals surface area (Å²) in [6, 6.07) is 3.58. The van der Waals surface area contributed by atoms with Gasteiger partial charge in [0.1, 0.15) is 4.83 Å². The second kappa shape index (κ2) is 1.91. The van der Waals surface area contributed by atoms with Crippen LogP contribution in [0.2, 0.25) is 0 Å². The molecule has 0 fully saturated rings. The van der Waals surface area contributed by atoms with Gasteiger partial charge >= 0.3 is 0 Å². The third-order valence-electron chi connectivity index (χ3n) is 1.35. The largest absolute Gasteiger partial charge is 0.289 e. The first-order valence-electron chi connectivity index (χ1n) is 2.80. The molecule has 0 aliphatic heterocycles. The summed E-state index contributed by atoms with van der Waals surface area (Å²) in [6.45, 7) is 0. The summed E-state index contributed by atoms with van der Waals surface area (Å²) in [5, 5.41) is 4.77.